The van der Waals surface area contributed by atoms with Crippen LogP contribution in [0.5, 0.6) is 0 Å². The predicted molar refractivity (Wildman–Crippen MR) is 95.5 cm³/mol. The fourth-order valence-electron chi connectivity index (χ4n) is 3.62. The molecule has 0 aliphatic rings. The van der Waals surface area contributed by atoms with Crippen molar-refractivity contribution < 1.29 is 9.22 Å². The van der Waals surface area contributed by atoms with Crippen molar-refractivity contribution in [1.29, 1.82) is 0 Å². The smallest absolute Gasteiger partial charge is 0.291 e. The first-order valence-corrected chi connectivity index (χ1v) is 10.0. The average molecular weight is 315 g/mol. The quantitative estimate of drug-likeness (QED) is 0.336. The van der Waals surface area contributed by atoms with Crippen LogP contribution in [0, 0.1) is 5.41 Å². The van der Waals surface area contributed by atoms with Gasteiger partial charge in [-0.3, -0.25) is 4.79 Å². The van der Waals surface area contributed by atoms with E-state index in [4.69, 9.17) is 4.43 Å². The maximum atomic E-state index is 11.4. The number of unbranched alkanes of at least 4 members (excludes halogenated alkanes) is 4. The Morgan fingerprint density at radius 3 is 1.90 bits per heavy atom. The van der Waals surface area contributed by atoms with Gasteiger partial charge in [0.15, 0.2) is 0 Å². The van der Waals surface area contributed by atoms with Crippen molar-refractivity contribution in [1.82, 2.24) is 0 Å². The summed E-state index contributed by atoms with van der Waals surface area (Å²) in [5.74, 6) is 0.00603. The highest BCUT2D eigenvalue weighted by Crippen LogP contribution is 2.40. The molecule has 0 spiro atoms. The zero-order chi connectivity index (χ0) is 16.0. The number of rotatable bonds is 14. The molecule has 0 heterocycles. The van der Waals surface area contributed by atoms with Crippen LogP contribution in [0.3, 0.4) is 0 Å². The largest absolute Gasteiger partial charge is 0.529 e. The van der Waals surface area contributed by atoms with Gasteiger partial charge in [-0.2, -0.15) is 0 Å². The van der Waals surface area contributed by atoms with Crippen molar-refractivity contribution in [2.75, 3.05) is 0 Å². The molecule has 0 unspecified atom stereocenters. The summed E-state index contributed by atoms with van der Waals surface area (Å²) in [5, 5.41) is 0. The van der Waals surface area contributed by atoms with Gasteiger partial charge in [0.05, 0.1) is 0 Å². The van der Waals surface area contributed by atoms with Gasteiger partial charge in [-0.15, -0.1) is 0 Å². The van der Waals surface area contributed by atoms with Crippen molar-refractivity contribution in [3.8, 4) is 0 Å². The van der Waals surface area contributed by atoms with Gasteiger partial charge in [0, 0.05) is 6.42 Å². The minimum absolute atomic E-state index is 0.00603. The first kappa shape index (κ1) is 20.7. The SMILES string of the molecule is CCCCCCCC(CCC)(CCC)CCCC(=O)O[SiH3]. The molecule has 21 heavy (non-hydrogen) atoms. The van der Waals surface area contributed by atoms with Gasteiger partial charge in [0.2, 0.25) is 10.5 Å². The summed E-state index contributed by atoms with van der Waals surface area (Å²) in [6.45, 7) is 6.87. The number of carbonyl (C=O) groups is 1. The average Bonchev–Trinajstić information content (AvgIpc) is 2.47. The van der Waals surface area contributed by atoms with Crippen LogP contribution < -0.4 is 0 Å². The maximum absolute atomic E-state index is 11.4. The number of hydrogen-bond acceptors (Lipinski definition) is 2. The second kappa shape index (κ2) is 13.4. The third kappa shape index (κ3) is 10.1. The lowest BCUT2D eigenvalue weighted by molar-refractivity contribution is -0.134. The van der Waals surface area contributed by atoms with E-state index in [0.29, 0.717) is 22.3 Å². The van der Waals surface area contributed by atoms with Crippen LogP contribution >= 0.6 is 0 Å². The molecule has 0 aromatic heterocycles. The molecule has 0 bridgehead atoms. The Morgan fingerprint density at radius 2 is 1.38 bits per heavy atom. The maximum Gasteiger partial charge on any atom is 0.291 e. The van der Waals surface area contributed by atoms with Gasteiger partial charge in [-0.05, 0) is 37.5 Å². The van der Waals surface area contributed by atoms with Crippen LogP contribution in [0.1, 0.15) is 104 Å². The summed E-state index contributed by atoms with van der Waals surface area (Å²) in [4.78, 5) is 11.4. The summed E-state index contributed by atoms with van der Waals surface area (Å²) >= 11 is 0. The standard InChI is InChI=1S/C18H38O2Si/c1-4-7-8-9-10-15-18(13-5-2,14-6-3)16-11-12-17(19)20-21/h4-16H2,1-3,21H3. The van der Waals surface area contributed by atoms with E-state index >= 15 is 0 Å². The normalized spacial score (nSPS) is 11.8. The molecule has 0 aromatic rings. The monoisotopic (exact) mass is 314 g/mol. The van der Waals surface area contributed by atoms with Gasteiger partial charge in [-0.25, -0.2) is 0 Å². The van der Waals surface area contributed by atoms with E-state index in [1.54, 1.807) is 0 Å². The highest BCUT2D eigenvalue weighted by Gasteiger charge is 2.27. The third-order valence-electron chi connectivity index (χ3n) is 4.69. The fourth-order valence-corrected chi connectivity index (χ4v) is 3.83. The lowest BCUT2D eigenvalue weighted by Gasteiger charge is -2.34. The fraction of sp³-hybridized carbons (Fsp3) is 0.944. The Kier molecular flexibility index (Phi) is 13.2. The van der Waals surface area contributed by atoms with Crippen LogP contribution in [-0.2, 0) is 9.22 Å². The van der Waals surface area contributed by atoms with Crippen molar-refractivity contribution in [2.45, 2.75) is 104 Å². The second-order valence-corrected chi connectivity index (χ2v) is 7.00. The number of hydrogen-bond donors (Lipinski definition) is 0. The molecule has 0 aromatic carbocycles. The Morgan fingerprint density at radius 1 is 0.810 bits per heavy atom. The molecule has 0 saturated heterocycles. The lowest BCUT2D eigenvalue weighted by Crippen LogP contribution is -2.21. The molecule has 0 aliphatic heterocycles. The van der Waals surface area contributed by atoms with E-state index in [-0.39, 0.29) is 5.97 Å². The molecule has 0 atom stereocenters. The zero-order valence-corrected chi connectivity index (χ0v) is 17.0. The first-order valence-electron chi connectivity index (χ1n) is 9.21. The van der Waals surface area contributed by atoms with Crippen LogP contribution in [0.25, 0.3) is 0 Å². The number of carbonyl (C=O) groups excluding carboxylic acids is 1. The van der Waals surface area contributed by atoms with Crippen LogP contribution in [0.2, 0.25) is 0 Å². The molecule has 126 valence electrons. The Hall–Kier alpha value is -0.313. The summed E-state index contributed by atoms with van der Waals surface area (Å²) in [5.41, 5.74) is 0.487. The molecule has 0 N–H and O–H groups in total. The Balaban J connectivity index is 4.32. The molecular formula is C18H38O2Si. The first-order chi connectivity index (χ1) is 10.1. The molecule has 0 rings (SSSR count). The third-order valence-corrected chi connectivity index (χ3v) is 5.14. The van der Waals surface area contributed by atoms with E-state index in [2.05, 4.69) is 20.8 Å². The van der Waals surface area contributed by atoms with Crippen molar-refractivity contribution in [3.05, 3.63) is 0 Å². The van der Waals surface area contributed by atoms with Gasteiger partial charge in [0.1, 0.15) is 0 Å². The zero-order valence-electron chi connectivity index (χ0n) is 15.0. The summed E-state index contributed by atoms with van der Waals surface area (Å²) in [7, 11) is 0.535. The molecule has 2 nitrogen and oxygen atoms in total. The van der Waals surface area contributed by atoms with E-state index in [1.165, 1.54) is 70.6 Å². The van der Waals surface area contributed by atoms with Crippen molar-refractivity contribution in [3.63, 3.8) is 0 Å². The summed E-state index contributed by atoms with van der Waals surface area (Å²) in [6.07, 6.45) is 16.2. The Bertz CT molecular complexity index is 248. The van der Waals surface area contributed by atoms with E-state index in [0.717, 1.165) is 6.42 Å². The molecule has 0 radical (unpaired) electrons. The molecular weight excluding hydrogens is 276 g/mol. The Labute approximate surface area is 136 Å². The molecule has 3 heteroatoms. The molecule has 0 aliphatic carbocycles. The minimum atomic E-state index is 0.00603. The van der Waals surface area contributed by atoms with E-state index < -0.39 is 0 Å². The van der Waals surface area contributed by atoms with Crippen LogP contribution in [0.4, 0.5) is 0 Å². The van der Waals surface area contributed by atoms with Crippen molar-refractivity contribution in [2.24, 2.45) is 5.41 Å². The van der Waals surface area contributed by atoms with Crippen LogP contribution in [0.15, 0.2) is 0 Å². The van der Waals surface area contributed by atoms with E-state index in [1.807, 2.05) is 0 Å². The predicted octanol–water partition coefficient (Wildman–Crippen LogP) is 4.93. The van der Waals surface area contributed by atoms with Crippen LogP contribution in [-0.4, -0.2) is 16.5 Å². The highest BCUT2D eigenvalue weighted by molar-refractivity contribution is 6.05. The minimum Gasteiger partial charge on any atom is -0.529 e. The molecule has 0 amide bonds. The molecule has 0 saturated carbocycles. The molecule has 0 fully saturated rings. The lowest BCUT2D eigenvalue weighted by atomic mass is 9.71. The summed E-state index contributed by atoms with van der Waals surface area (Å²) < 4.78 is 4.91. The highest BCUT2D eigenvalue weighted by atomic mass is 28.2. The topological polar surface area (TPSA) is 26.3 Å². The van der Waals surface area contributed by atoms with Crippen molar-refractivity contribution >= 4 is 16.5 Å². The van der Waals surface area contributed by atoms with Gasteiger partial charge < -0.3 is 4.43 Å². The second-order valence-electron chi connectivity index (χ2n) is 6.59. The van der Waals surface area contributed by atoms with Gasteiger partial charge in [-0.1, -0.05) is 65.7 Å². The van der Waals surface area contributed by atoms with E-state index in [9.17, 15) is 4.79 Å². The summed E-state index contributed by atoms with van der Waals surface area (Å²) in [6, 6.07) is 0. The van der Waals surface area contributed by atoms with Gasteiger partial charge in [0.25, 0.3) is 5.97 Å². The van der Waals surface area contributed by atoms with Gasteiger partial charge >= 0.3 is 0 Å².